The zero-order valence-corrected chi connectivity index (χ0v) is 22.1. The minimum absolute atomic E-state index is 0.159. The van der Waals surface area contributed by atoms with E-state index in [9.17, 15) is 9.59 Å². The number of ether oxygens (including phenoxy) is 1. The fourth-order valence-corrected chi connectivity index (χ4v) is 5.79. The standard InChI is InChI=1S/C28H31ClN2O3S/c1-17-5-10-20(11-6-17)30-26(33)25-22-14-7-18(28(2,3)4)15-23(22)35-27(25)31-24(32)16-34-21-12-8-19(29)9-13-21/h5-6,8-13,18H,7,14-16H2,1-4H3,(H,30,33)(H,31,32). The SMILES string of the molecule is Cc1ccc(NC(=O)c2c(NC(=O)COc3ccc(Cl)cc3)sc3c2CCC(C(C)(C)C)C3)cc1. The van der Waals surface area contributed by atoms with Gasteiger partial charge in [0, 0.05) is 15.6 Å². The summed E-state index contributed by atoms with van der Waals surface area (Å²) in [6.45, 7) is 8.63. The van der Waals surface area contributed by atoms with Crippen LogP contribution in [0.4, 0.5) is 10.7 Å². The van der Waals surface area contributed by atoms with Crippen LogP contribution >= 0.6 is 22.9 Å². The Balaban J connectivity index is 1.56. The molecule has 0 radical (unpaired) electrons. The van der Waals surface area contributed by atoms with Gasteiger partial charge in [0.2, 0.25) is 0 Å². The van der Waals surface area contributed by atoms with Gasteiger partial charge in [0.15, 0.2) is 6.61 Å². The maximum absolute atomic E-state index is 13.4. The molecule has 5 nitrogen and oxygen atoms in total. The van der Waals surface area contributed by atoms with Crippen LogP contribution in [0, 0.1) is 18.3 Å². The summed E-state index contributed by atoms with van der Waals surface area (Å²) in [7, 11) is 0. The molecule has 7 heteroatoms. The quantitative estimate of drug-likeness (QED) is 0.370. The number of carbonyl (C=O) groups is 2. The van der Waals surface area contributed by atoms with Crippen molar-refractivity contribution in [2.45, 2.75) is 47.0 Å². The normalized spacial score (nSPS) is 15.3. The van der Waals surface area contributed by atoms with Crippen molar-refractivity contribution in [3.05, 3.63) is 75.1 Å². The van der Waals surface area contributed by atoms with Crippen LogP contribution in [0.2, 0.25) is 5.02 Å². The molecule has 1 heterocycles. The minimum Gasteiger partial charge on any atom is -0.484 e. The van der Waals surface area contributed by atoms with E-state index < -0.39 is 0 Å². The summed E-state index contributed by atoms with van der Waals surface area (Å²) in [5, 5.41) is 7.14. The van der Waals surface area contributed by atoms with Crippen molar-refractivity contribution in [1.82, 2.24) is 0 Å². The van der Waals surface area contributed by atoms with Crippen molar-refractivity contribution in [2.24, 2.45) is 11.3 Å². The maximum Gasteiger partial charge on any atom is 0.262 e. The van der Waals surface area contributed by atoms with Crippen LogP contribution in [-0.4, -0.2) is 18.4 Å². The summed E-state index contributed by atoms with van der Waals surface area (Å²) < 4.78 is 5.60. The number of rotatable bonds is 6. The summed E-state index contributed by atoms with van der Waals surface area (Å²) in [6.07, 6.45) is 2.75. The van der Waals surface area contributed by atoms with Gasteiger partial charge in [-0.15, -0.1) is 11.3 Å². The third-order valence-electron chi connectivity index (χ3n) is 6.46. The van der Waals surface area contributed by atoms with E-state index in [1.54, 1.807) is 24.3 Å². The Morgan fingerprint density at radius 3 is 2.40 bits per heavy atom. The lowest BCUT2D eigenvalue weighted by Gasteiger charge is -2.33. The van der Waals surface area contributed by atoms with E-state index in [4.69, 9.17) is 16.3 Å². The van der Waals surface area contributed by atoms with E-state index in [0.717, 1.165) is 36.1 Å². The second-order valence-electron chi connectivity index (χ2n) is 10.1. The lowest BCUT2D eigenvalue weighted by atomic mass is 9.72. The Hall–Kier alpha value is -2.83. The van der Waals surface area contributed by atoms with Crippen LogP contribution in [-0.2, 0) is 17.6 Å². The summed E-state index contributed by atoms with van der Waals surface area (Å²) in [4.78, 5) is 27.4. The van der Waals surface area contributed by atoms with Crippen LogP contribution in [0.1, 0.15) is 53.6 Å². The highest BCUT2D eigenvalue weighted by molar-refractivity contribution is 7.17. The summed E-state index contributed by atoms with van der Waals surface area (Å²) in [6, 6.07) is 14.5. The van der Waals surface area contributed by atoms with Crippen molar-refractivity contribution < 1.29 is 14.3 Å². The largest absolute Gasteiger partial charge is 0.484 e. The van der Waals surface area contributed by atoms with E-state index >= 15 is 0 Å². The Morgan fingerprint density at radius 1 is 1.06 bits per heavy atom. The first-order valence-electron chi connectivity index (χ1n) is 11.8. The number of aryl methyl sites for hydroxylation is 1. The molecule has 3 aromatic rings. The molecule has 1 aliphatic rings. The number of halogens is 1. The van der Waals surface area contributed by atoms with E-state index in [1.165, 1.54) is 16.2 Å². The molecule has 0 saturated carbocycles. The van der Waals surface area contributed by atoms with Gasteiger partial charge in [0.25, 0.3) is 11.8 Å². The highest BCUT2D eigenvalue weighted by Gasteiger charge is 2.34. The molecule has 1 aliphatic carbocycles. The zero-order valence-electron chi connectivity index (χ0n) is 20.5. The van der Waals surface area contributed by atoms with Crippen molar-refractivity contribution in [3.63, 3.8) is 0 Å². The van der Waals surface area contributed by atoms with Crippen LogP contribution in [0.15, 0.2) is 48.5 Å². The second kappa shape index (κ2) is 10.4. The number of hydrogen-bond acceptors (Lipinski definition) is 4. The number of hydrogen-bond donors (Lipinski definition) is 2. The molecule has 184 valence electrons. The van der Waals surface area contributed by atoms with E-state index in [2.05, 4.69) is 31.4 Å². The van der Waals surface area contributed by atoms with Crippen LogP contribution in [0.5, 0.6) is 5.75 Å². The Labute approximate surface area is 215 Å². The van der Waals surface area contributed by atoms with Crippen molar-refractivity contribution in [1.29, 1.82) is 0 Å². The summed E-state index contributed by atoms with van der Waals surface area (Å²) in [5.41, 5.74) is 3.65. The monoisotopic (exact) mass is 510 g/mol. The van der Waals surface area contributed by atoms with Crippen molar-refractivity contribution >= 4 is 45.4 Å². The molecule has 1 unspecified atom stereocenters. The average Bonchev–Trinajstić information content (AvgIpc) is 3.16. The van der Waals surface area contributed by atoms with Crippen molar-refractivity contribution in [2.75, 3.05) is 17.2 Å². The third-order valence-corrected chi connectivity index (χ3v) is 7.88. The average molecular weight is 511 g/mol. The first-order valence-corrected chi connectivity index (χ1v) is 13.0. The Morgan fingerprint density at radius 2 is 1.74 bits per heavy atom. The first-order chi connectivity index (χ1) is 16.6. The number of benzene rings is 2. The van der Waals surface area contributed by atoms with Gasteiger partial charge in [0.1, 0.15) is 10.8 Å². The first kappa shape index (κ1) is 25.3. The number of fused-ring (bicyclic) bond motifs is 1. The maximum atomic E-state index is 13.4. The van der Waals surface area contributed by atoms with Gasteiger partial charge < -0.3 is 15.4 Å². The molecule has 0 saturated heterocycles. The molecule has 2 N–H and O–H groups in total. The van der Waals surface area contributed by atoms with E-state index in [0.29, 0.717) is 27.3 Å². The number of anilines is 2. The summed E-state index contributed by atoms with van der Waals surface area (Å²) >= 11 is 7.42. The molecule has 2 amide bonds. The highest BCUT2D eigenvalue weighted by Crippen LogP contribution is 2.44. The van der Waals surface area contributed by atoms with Gasteiger partial charge in [-0.05, 0) is 79.5 Å². The lowest BCUT2D eigenvalue weighted by molar-refractivity contribution is -0.118. The van der Waals surface area contributed by atoms with Crippen LogP contribution in [0.25, 0.3) is 0 Å². The number of thiophene rings is 1. The smallest absolute Gasteiger partial charge is 0.262 e. The number of nitrogens with one attached hydrogen (secondary N) is 2. The second-order valence-corrected chi connectivity index (χ2v) is 11.7. The zero-order chi connectivity index (χ0) is 25.2. The molecule has 0 fully saturated rings. The number of carbonyl (C=O) groups excluding carboxylic acids is 2. The fraction of sp³-hybridized carbons (Fsp3) is 0.357. The molecule has 4 rings (SSSR count). The lowest BCUT2D eigenvalue weighted by Crippen LogP contribution is -2.27. The molecular weight excluding hydrogens is 480 g/mol. The highest BCUT2D eigenvalue weighted by atomic mass is 35.5. The summed E-state index contributed by atoms with van der Waals surface area (Å²) in [5.74, 6) is 0.573. The third kappa shape index (κ3) is 6.24. The molecule has 0 aliphatic heterocycles. The van der Waals surface area contributed by atoms with Crippen LogP contribution in [0.3, 0.4) is 0 Å². The Kier molecular flexibility index (Phi) is 7.53. The molecule has 0 bridgehead atoms. The van der Waals surface area contributed by atoms with Gasteiger partial charge in [-0.1, -0.05) is 50.1 Å². The van der Waals surface area contributed by atoms with E-state index in [-0.39, 0.29) is 23.8 Å². The molecule has 2 aromatic carbocycles. The number of amides is 2. The molecule has 1 atom stereocenters. The predicted molar refractivity (Wildman–Crippen MR) is 144 cm³/mol. The fourth-order valence-electron chi connectivity index (χ4n) is 4.33. The van der Waals surface area contributed by atoms with Gasteiger partial charge in [0.05, 0.1) is 5.56 Å². The van der Waals surface area contributed by atoms with E-state index in [1.807, 2.05) is 31.2 Å². The topological polar surface area (TPSA) is 67.4 Å². The van der Waals surface area contributed by atoms with Gasteiger partial charge >= 0.3 is 0 Å². The molecular formula is C28H31ClN2O3S. The van der Waals surface area contributed by atoms with Gasteiger partial charge in [-0.3, -0.25) is 9.59 Å². The van der Waals surface area contributed by atoms with Crippen molar-refractivity contribution in [3.8, 4) is 5.75 Å². The van der Waals surface area contributed by atoms with Crippen LogP contribution < -0.4 is 15.4 Å². The molecule has 35 heavy (non-hydrogen) atoms. The Bertz CT molecular complexity index is 1210. The predicted octanol–water partition coefficient (Wildman–Crippen LogP) is 7.13. The molecule has 1 aromatic heterocycles. The van der Waals surface area contributed by atoms with Gasteiger partial charge in [-0.25, -0.2) is 0 Å². The van der Waals surface area contributed by atoms with Gasteiger partial charge in [-0.2, -0.15) is 0 Å². The molecule has 0 spiro atoms. The minimum atomic E-state index is -0.310.